The lowest BCUT2D eigenvalue weighted by atomic mass is 10.1. The predicted molar refractivity (Wildman–Crippen MR) is 85.7 cm³/mol. The van der Waals surface area contributed by atoms with Crippen LogP contribution >= 0.6 is 11.8 Å². The van der Waals surface area contributed by atoms with Gasteiger partial charge in [0.1, 0.15) is 17.9 Å². The van der Waals surface area contributed by atoms with Crippen LogP contribution < -0.4 is 0 Å². The summed E-state index contributed by atoms with van der Waals surface area (Å²) in [6.45, 7) is 4.70. The van der Waals surface area contributed by atoms with Gasteiger partial charge >= 0.3 is 0 Å². The molecule has 1 aliphatic rings. The average Bonchev–Trinajstić information content (AvgIpc) is 3.03. The van der Waals surface area contributed by atoms with Crippen molar-refractivity contribution in [2.24, 2.45) is 4.99 Å². The second kappa shape index (κ2) is 5.56. The van der Waals surface area contributed by atoms with Gasteiger partial charge in [0, 0.05) is 5.56 Å². The fraction of sp³-hybridized carbons (Fsp3) is 0.375. The van der Waals surface area contributed by atoms with E-state index in [4.69, 9.17) is 9.26 Å². The van der Waals surface area contributed by atoms with E-state index >= 15 is 0 Å². The van der Waals surface area contributed by atoms with Gasteiger partial charge in [0.15, 0.2) is 5.76 Å². The van der Waals surface area contributed by atoms with Crippen molar-refractivity contribution in [3.05, 3.63) is 41.7 Å². The quantitative estimate of drug-likeness (QED) is 0.862. The molecule has 1 aromatic heterocycles. The highest BCUT2D eigenvalue weighted by Crippen LogP contribution is 2.31. The molecule has 4 nitrogen and oxygen atoms in total. The van der Waals surface area contributed by atoms with Crippen LogP contribution in [0.4, 0.5) is 0 Å². The minimum absolute atomic E-state index is 0.197. The van der Waals surface area contributed by atoms with Crippen molar-refractivity contribution < 1.29 is 9.26 Å². The summed E-state index contributed by atoms with van der Waals surface area (Å²) in [4.78, 5) is 4.68. The minimum atomic E-state index is -0.197. The van der Waals surface area contributed by atoms with E-state index in [1.165, 1.54) is 0 Å². The van der Waals surface area contributed by atoms with Gasteiger partial charge in [-0.2, -0.15) is 11.8 Å². The number of rotatable bonds is 4. The molecule has 21 heavy (non-hydrogen) atoms. The van der Waals surface area contributed by atoms with Crippen LogP contribution in [0.2, 0.25) is 0 Å². The van der Waals surface area contributed by atoms with Crippen LogP contribution in [0.1, 0.15) is 25.2 Å². The Hall–Kier alpha value is -1.75. The molecule has 0 unspecified atom stereocenters. The highest BCUT2D eigenvalue weighted by Gasteiger charge is 2.32. The smallest absolute Gasteiger partial charge is 0.222 e. The maximum Gasteiger partial charge on any atom is 0.222 e. The Morgan fingerprint density at radius 3 is 2.62 bits per heavy atom. The Bertz CT molecular complexity index is 662. The Kier molecular flexibility index (Phi) is 3.76. The first-order valence-corrected chi connectivity index (χ1v) is 8.26. The first kappa shape index (κ1) is 14.2. The summed E-state index contributed by atoms with van der Waals surface area (Å²) in [6, 6.07) is 10.0. The molecule has 1 aliphatic heterocycles. The molecule has 0 radical (unpaired) electrons. The van der Waals surface area contributed by atoms with Crippen molar-refractivity contribution in [3.8, 4) is 11.3 Å². The maximum absolute atomic E-state index is 5.80. The summed E-state index contributed by atoms with van der Waals surface area (Å²) in [5.41, 5.74) is 2.51. The van der Waals surface area contributed by atoms with Gasteiger partial charge in [-0.05, 0) is 20.1 Å². The normalized spacial score (nSPS) is 16.6. The molecule has 0 saturated carbocycles. The van der Waals surface area contributed by atoms with Crippen molar-refractivity contribution in [2.45, 2.75) is 25.1 Å². The second-order valence-corrected chi connectivity index (χ2v) is 6.51. The number of benzene rings is 1. The zero-order valence-electron chi connectivity index (χ0n) is 12.4. The lowest BCUT2D eigenvalue weighted by Gasteiger charge is -2.07. The Balaban J connectivity index is 2.11. The lowest BCUT2D eigenvalue weighted by Crippen LogP contribution is -2.17. The molecular formula is C16H18N2O2S. The zero-order chi connectivity index (χ0) is 14.9. The van der Waals surface area contributed by atoms with E-state index in [2.05, 4.69) is 24.0 Å². The van der Waals surface area contributed by atoms with E-state index in [9.17, 15) is 0 Å². The van der Waals surface area contributed by atoms with E-state index in [0.29, 0.717) is 12.5 Å². The average molecular weight is 302 g/mol. The van der Waals surface area contributed by atoms with Crippen LogP contribution in [0.5, 0.6) is 0 Å². The van der Waals surface area contributed by atoms with Gasteiger partial charge in [-0.25, -0.2) is 4.99 Å². The summed E-state index contributed by atoms with van der Waals surface area (Å²) < 4.78 is 11.3. The lowest BCUT2D eigenvalue weighted by molar-refractivity contribution is 0.279. The molecule has 0 saturated heterocycles. The maximum atomic E-state index is 5.80. The van der Waals surface area contributed by atoms with Crippen LogP contribution in [0.25, 0.3) is 11.3 Å². The third kappa shape index (κ3) is 2.83. The summed E-state index contributed by atoms with van der Waals surface area (Å²) in [6.07, 6.45) is 2.04. The van der Waals surface area contributed by atoms with Gasteiger partial charge in [0.25, 0.3) is 0 Å². The van der Waals surface area contributed by atoms with Crippen LogP contribution in [-0.2, 0) is 10.5 Å². The van der Waals surface area contributed by atoms with Crippen molar-refractivity contribution in [1.29, 1.82) is 0 Å². The first-order chi connectivity index (χ1) is 10.1. The Labute approximate surface area is 128 Å². The van der Waals surface area contributed by atoms with Gasteiger partial charge in [-0.3, -0.25) is 0 Å². The first-order valence-electron chi connectivity index (χ1n) is 6.87. The fourth-order valence-corrected chi connectivity index (χ4v) is 2.74. The van der Waals surface area contributed by atoms with Gasteiger partial charge in [-0.15, -0.1) is 0 Å². The SMILES string of the molecule is CSCc1onc(-c2ccccc2)c1C1=NC(C)(C)CO1. The van der Waals surface area contributed by atoms with Crippen molar-refractivity contribution in [1.82, 2.24) is 5.16 Å². The molecule has 0 atom stereocenters. The second-order valence-electron chi connectivity index (χ2n) is 5.65. The molecule has 0 aliphatic carbocycles. The zero-order valence-corrected chi connectivity index (χ0v) is 13.2. The molecular weight excluding hydrogens is 284 g/mol. The third-order valence-electron chi connectivity index (χ3n) is 3.27. The molecule has 0 bridgehead atoms. The number of ether oxygens (including phenoxy) is 1. The molecule has 0 spiro atoms. The van der Waals surface area contributed by atoms with Gasteiger partial charge < -0.3 is 9.26 Å². The monoisotopic (exact) mass is 302 g/mol. The van der Waals surface area contributed by atoms with E-state index < -0.39 is 0 Å². The van der Waals surface area contributed by atoms with Crippen LogP contribution in [0.3, 0.4) is 0 Å². The Morgan fingerprint density at radius 2 is 2.00 bits per heavy atom. The fourth-order valence-electron chi connectivity index (χ4n) is 2.28. The van der Waals surface area contributed by atoms with Crippen LogP contribution in [-0.4, -0.2) is 29.5 Å². The highest BCUT2D eigenvalue weighted by molar-refractivity contribution is 7.97. The number of thioether (sulfide) groups is 1. The molecule has 2 heterocycles. The topological polar surface area (TPSA) is 47.6 Å². The molecule has 0 N–H and O–H groups in total. The summed E-state index contributed by atoms with van der Waals surface area (Å²) in [7, 11) is 0. The van der Waals surface area contributed by atoms with Crippen LogP contribution in [0, 0.1) is 0 Å². The minimum Gasteiger partial charge on any atom is -0.475 e. The molecule has 2 aromatic rings. The summed E-state index contributed by atoms with van der Waals surface area (Å²) >= 11 is 1.69. The van der Waals surface area contributed by atoms with E-state index in [0.717, 1.165) is 28.3 Å². The molecule has 0 amide bonds. The van der Waals surface area contributed by atoms with Crippen molar-refractivity contribution >= 4 is 17.7 Å². The van der Waals surface area contributed by atoms with E-state index in [-0.39, 0.29) is 5.54 Å². The van der Waals surface area contributed by atoms with Crippen LogP contribution in [0.15, 0.2) is 39.8 Å². The number of aliphatic imine (C=N–C) groups is 1. The van der Waals surface area contributed by atoms with Gasteiger partial charge in [-0.1, -0.05) is 35.5 Å². The summed E-state index contributed by atoms with van der Waals surface area (Å²) in [5.74, 6) is 2.21. The van der Waals surface area contributed by atoms with E-state index in [1.54, 1.807) is 11.8 Å². The van der Waals surface area contributed by atoms with E-state index in [1.807, 2.05) is 36.6 Å². The predicted octanol–water partition coefficient (Wildman–Crippen LogP) is 3.76. The highest BCUT2D eigenvalue weighted by atomic mass is 32.2. The summed E-state index contributed by atoms with van der Waals surface area (Å²) in [5, 5.41) is 4.25. The van der Waals surface area contributed by atoms with Gasteiger partial charge in [0.2, 0.25) is 5.90 Å². The van der Waals surface area contributed by atoms with Crippen molar-refractivity contribution in [2.75, 3.05) is 12.9 Å². The number of hydrogen-bond acceptors (Lipinski definition) is 5. The molecule has 110 valence electrons. The molecule has 3 rings (SSSR count). The molecule has 5 heteroatoms. The largest absolute Gasteiger partial charge is 0.475 e. The van der Waals surface area contributed by atoms with Gasteiger partial charge in [0.05, 0.1) is 11.3 Å². The molecule has 1 aromatic carbocycles. The molecule has 0 fully saturated rings. The number of aromatic nitrogens is 1. The standard InChI is InChI=1S/C16H18N2O2S/c1-16(2)10-19-15(17-16)13-12(9-21-3)20-18-14(13)11-7-5-4-6-8-11/h4-8H,9-10H2,1-3H3. The Morgan fingerprint density at radius 1 is 1.24 bits per heavy atom. The number of nitrogens with zero attached hydrogens (tertiary/aromatic N) is 2. The van der Waals surface area contributed by atoms with Crippen molar-refractivity contribution in [3.63, 3.8) is 0 Å². The number of hydrogen-bond donors (Lipinski definition) is 0. The third-order valence-corrected chi connectivity index (χ3v) is 3.82.